The smallest absolute Gasteiger partial charge is 0.271 e. The number of rotatable bonds is 6. The lowest BCUT2D eigenvalue weighted by molar-refractivity contribution is -0.134. The number of fused-ring (bicyclic) bond motifs is 3. The van der Waals surface area contributed by atoms with Crippen LogP contribution in [0, 0.1) is 11.8 Å². The van der Waals surface area contributed by atoms with Crippen LogP contribution in [-0.2, 0) is 11.3 Å². The van der Waals surface area contributed by atoms with Crippen molar-refractivity contribution in [1.82, 2.24) is 14.8 Å². The van der Waals surface area contributed by atoms with E-state index in [9.17, 15) is 9.59 Å². The topological polar surface area (TPSA) is 72.8 Å². The van der Waals surface area contributed by atoms with Gasteiger partial charge in [0.05, 0.1) is 26.3 Å². The Bertz CT molecular complexity index is 1060. The van der Waals surface area contributed by atoms with Crippen molar-refractivity contribution in [2.75, 3.05) is 20.8 Å². The first-order chi connectivity index (χ1) is 15.8. The molecule has 7 nitrogen and oxygen atoms in total. The summed E-state index contributed by atoms with van der Waals surface area (Å²) in [6.07, 6.45) is 4.08. The van der Waals surface area contributed by atoms with Gasteiger partial charge in [0, 0.05) is 18.0 Å². The highest BCUT2D eigenvalue weighted by Crippen LogP contribution is 2.40. The summed E-state index contributed by atoms with van der Waals surface area (Å²) in [6, 6.07) is 5.69. The molecule has 1 N–H and O–H groups in total. The van der Waals surface area contributed by atoms with Crippen LogP contribution in [0.2, 0.25) is 0 Å². The minimum Gasteiger partial charge on any atom is -0.496 e. The van der Waals surface area contributed by atoms with Gasteiger partial charge in [-0.25, -0.2) is 0 Å². The predicted octanol–water partition coefficient (Wildman–Crippen LogP) is 4.22. The SMILES string of the molecule is CCCN1C(=O)c2cc3c(OC)ccc(OC)c3n2C[C@]1(C)C(=O)N[C@@H]1CCC[C@@H](C)[C@H]1C. The number of aromatic nitrogens is 1. The third kappa shape index (κ3) is 3.75. The van der Waals surface area contributed by atoms with Gasteiger partial charge in [-0.05, 0) is 49.8 Å². The van der Waals surface area contributed by atoms with Gasteiger partial charge >= 0.3 is 0 Å². The van der Waals surface area contributed by atoms with Gasteiger partial charge in [-0.1, -0.05) is 33.6 Å². The Balaban J connectivity index is 1.78. The molecule has 2 aromatic rings. The maximum atomic E-state index is 13.8. The maximum absolute atomic E-state index is 13.8. The summed E-state index contributed by atoms with van der Waals surface area (Å²) < 4.78 is 13.1. The molecule has 2 aliphatic rings. The average Bonchev–Trinajstić information content (AvgIpc) is 3.18. The molecule has 1 aromatic heterocycles. The van der Waals surface area contributed by atoms with Crippen molar-refractivity contribution in [1.29, 1.82) is 0 Å². The zero-order chi connectivity index (χ0) is 23.9. The first-order valence-electron chi connectivity index (χ1n) is 12.1. The molecule has 1 fully saturated rings. The number of hydrogen-bond acceptors (Lipinski definition) is 4. The highest BCUT2D eigenvalue weighted by molar-refractivity contribution is 6.05. The molecule has 1 aliphatic heterocycles. The number of hydrogen-bond donors (Lipinski definition) is 1. The molecule has 0 bridgehead atoms. The molecular formula is C26H37N3O4. The number of nitrogens with zero attached hydrogens (tertiary/aromatic N) is 2. The third-order valence-electron chi connectivity index (χ3n) is 7.91. The Morgan fingerprint density at radius 2 is 1.88 bits per heavy atom. The van der Waals surface area contributed by atoms with E-state index < -0.39 is 5.54 Å². The fourth-order valence-electron chi connectivity index (χ4n) is 5.64. The van der Waals surface area contributed by atoms with E-state index in [1.54, 1.807) is 19.1 Å². The number of ether oxygens (including phenoxy) is 2. The average molecular weight is 456 g/mol. The van der Waals surface area contributed by atoms with E-state index in [1.165, 1.54) is 6.42 Å². The monoisotopic (exact) mass is 455 g/mol. The minimum atomic E-state index is -0.999. The van der Waals surface area contributed by atoms with E-state index in [1.807, 2.05) is 36.6 Å². The summed E-state index contributed by atoms with van der Waals surface area (Å²) in [7, 11) is 3.24. The van der Waals surface area contributed by atoms with Crippen molar-refractivity contribution in [3.05, 3.63) is 23.9 Å². The van der Waals surface area contributed by atoms with Crippen molar-refractivity contribution >= 4 is 22.7 Å². The second-order valence-corrected chi connectivity index (χ2v) is 9.93. The second kappa shape index (κ2) is 8.92. The quantitative estimate of drug-likeness (QED) is 0.708. The van der Waals surface area contributed by atoms with Gasteiger partial charge < -0.3 is 24.3 Å². The third-order valence-corrected chi connectivity index (χ3v) is 7.91. The second-order valence-electron chi connectivity index (χ2n) is 9.93. The Labute approximate surface area is 196 Å². The summed E-state index contributed by atoms with van der Waals surface area (Å²) in [4.78, 5) is 29.3. The first-order valence-corrected chi connectivity index (χ1v) is 12.1. The van der Waals surface area contributed by atoms with Crippen LogP contribution in [0.3, 0.4) is 0 Å². The summed E-state index contributed by atoms with van der Waals surface area (Å²) >= 11 is 0. The van der Waals surface area contributed by atoms with Gasteiger partial charge in [-0.2, -0.15) is 0 Å². The van der Waals surface area contributed by atoms with Crippen LogP contribution in [0.25, 0.3) is 10.9 Å². The normalized spacial score (nSPS) is 27.4. The summed E-state index contributed by atoms with van der Waals surface area (Å²) in [5.74, 6) is 2.12. The lowest BCUT2D eigenvalue weighted by Gasteiger charge is -2.45. The maximum Gasteiger partial charge on any atom is 0.271 e. The van der Waals surface area contributed by atoms with Crippen LogP contribution in [0.5, 0.6) is 11.5 Å². The largest absolute Gasteiger partial charge is 0.496 e. The standard InChI is InChI=1S/C26H37N3O4/c1-7-13-29-24(30)20-14-18-21(32-5)11-12-22(33-6)23(18)28(20)15-26(29,4)25(31)27-19-10-8-9-16(2)17(19)3/h11-12,14,16-17,19H,7-10,13,15H2,1-6H3,(H,27,31)/t16-,17-,19-,26-/m1/s1. The van der Waals surface area contributed by atoms with E-state index >= 15 is 0 Å². The molecule has 2 amide bonds. The fraction of sp³-hybridized carbons (Fsp3) is 0.615. The minimum absolute atomic E-state index is 0.0791. The molecule has 1 saturated carbocycles. The van der Waals surface area contributed by atoms with Gasteiger partial charge in [0.2, 0.25) is 5.91 Å². The van der Waals surface area contributed by atoms with Crippen molar-refractivity contribution in [2.45, 2.75) is 71.5 Å². The van der Waals surface area contributed by atoms with E-state index in [0.29, 0.717) is 42.1 Å². The molecule has 1 aromatic carbocycles. The molecule has 33 heavy (non-hydrogen) atoms. The van der Waals surface area contributed by atoms with Crippen molar-refractivity contribution in [3.8, 4) is 11.5 Å². The van der Waals surface area contributed by atoms with Crippen LogP contribution in [-0.4, -0.2) is 53.6 Å². The van der Waals surface area contributed by atoms with E-state index in [0.717, 1.165) is 30.2 Å². The summed E-state index contributed by atoms with van der Waals surface area (Å²) in [5, 5.41) is 4.15. The Morgan fingerprint density at radius 3 is 2.55 bits per heavy atom. The van der Waals surface area contributed by atoms with Gasteiger partial charge in [0.1, 0.15) is 22.7 Å². The number of nitrogens with one attached hydrogen (secondary N) is 1. The zero-order valence-electron chi connectivity index (χ0n) is 20.7. The Morgan fingerprint density at radius 1 is 1.18 bits per heavy atom. The van der Waals surface area contributed by atoms with Gasteiger partial charge in [0.15, 0.2) is 0 Å². The Hall–Kier alpha value is -2.70. The van der Waals surface area contributed by atoms with Crippen LogP contribution in [0.4, 0.5) is 0 Å². The van der Waals surface area contributed by atoms with Crippen LogP contribution in [0.15, 0.2) is 18.2 Å². The molecule has 0 unspecified atom stereocenters. The molecule has 0 saturated heterocycles. The van der Waals surface area contributed by atoms with Crippen molar-refractivity contribution < 1.29 is 19.1 Å². The number of amides is 2. The fourth-order valence-corrected chi connectivity index (χ4v) is 5.64. The lowest BCUT2D eigenvalue weighted by Crippen LogP contribution is -2.65. The molecule has 180 valence electrons. The molecule has 2 heterocycles. The van der Waals surface area contributed by atoms with Crippen LogP contribution >= 0.6 is 0 Å². The summed E-state index contributed by atoms with van der Waals surface area (Å²) in [5.41, 5.74) is 0.349. The molecular weight excluding hydrogens is 418 g/mol. The molecule has 0 spiro atoms. The van der Waals surface area contributed by atoms with Gasteiger partial charge in [0.25, 0.3) is 5.91 Å². The summed E-state index contributed by atoms with van der Waals surface area (Å²) in [6.45, 7) is 9.30. The van der Waals surface area contributed by atoms with Gasteiger partial charge in [-0.3, -0.25) is 9.59 Å². The molecule has 1 aliphatic carbocycles. The molecule has 4 atom stereocenters. The first kappa shape index (κ1) is 23.5. The number of carbonyl (C=O) groups excluding carboxylic acids is 2. The van der Waals surface area contributed by atoms with Crippen LogP contribution < -0.4 is 14.8 Å². The van der Waals surface area contributed by atoms with Crippen LogP contribution in [0.1, 0.15) is 63.9 Å². The molecule has 4 rings (SSSR count). The Kier molecular flexibility index (Phi) is 6.34. The molecule has 7 heteroatoms. The number of methoxy groups -OCH3 is 2. The number of carbonyl (C=O) groups is 2. The van der Waals surface area contributed by atoms with E-state index in [4.69, 9.17) is 9.47 Å². The predicted molar refractivity (Wildman–Crippen MR) is 129 cm³/mol. The highest BCUT2D eigenvalue weighted by Gasteiger charge is 2.48. The van der Waals surface area contributed by atoms with E-state index in [-0.39, 0.29) is 17.9 Å². The zero-order valence-corrected chi connectivity index (χ0v) is 20.7. The van der Waals surface area contributed by atoms with E-state index in [2.05, 4.69) is 19.2 Å². The van der Waals surface area contributed by atoms with Gasteiger partial charge in [-0.15, -0.1) is 0 Å². The highest BCUT2D eigenvalue weighted by atomic mass is 16.5. The van der Waals surface area contributed by atoms with Crippen molar-refractivity contribution in [3.63, 3.8) is 0 Å². The lowest BCUT2D eigenvalue weighted by atomic mass is 9.77. The van der Waals surface area contributed by atoms with Crippen molar-refractivity contribution in [2.24, 2.45) is 11.8 Å². The molecule has 0 radical (unpaired) electrons. The number of benzene rings is 1.